The molecule has 1 amide bonds. The molecule has 2 N–H and O–H groups in total. The highest BCUT2D eigenvalue weighted by molar-refractivity contribution is 8.15. The van der Waals surface area contributed by atoms with Crippen LogP contribution < -0.4 is 15.5 Å². The third kappa shape index (κ3) is 1.74. The number of amides is 1. The highest BCUT2D eigenvalue weighted by Gasteiger charge is 2.41. The van der Waals surface area contributed by atoms with Crippen molar-refractivity contribution < 1.29 is 9.53 Å². The molecule has 0 aliphatic carbocycles. The molecule has 0 bridgehead atoms. The number of methoxy groups -OCH3 is 1. The minimum atomic E-state index is -0.0336. The summed E-state index contributed by atoms with van der Waals surface area (Å²) in [7, 11) is 1.64. The number of carbonyl (C=O) groups excluding carboxylic acids is 1. The molecule has 1 fully saturated rings. The molecule has 2 heterocycles. The summed E-state index contributed by atoms with van der Waals surface area (Å²) in [6.45, 7) is 0. The summed E-state index contributed by atoms with van der Waals surface area (Å²) in [6, 6.07) is 7.82. The molecule has 5 nitrogen and oxygen atoms in total. The number of rotatable bonds is 2. The number of nitrogens with zero attached hydrogens (tertiary/aromatic N) is 1. The number of thioether (sulfide) groups is 1. The summed E-state index contributed by atoms with van der Waals surface area (Å²) in [5.74, 6) is 1.54. The van der Waals surface area contributed by atoms with E-state index in [-0.39, 0.29) is 16.5 Å². The van der Waals surface area contributed by atoms with Crippen molar-refractivity contribution in [3.8, 4) is 5.75 Å². The fourth-order valence-corrected chi connectivity index (χ4v) is 2.93. The first-order chi connectivity index (χ1) is 8.28. The second-order valence-electron chi connectivity index (χ2n) is 3.83. The zero-order valence-corrected chi connectivity index (χ0v) is 9.95. The van der Waals surface area contributed by atoms with Crippen LogP contribution in [0.4, 0.5) is 4.79 Å². The van der Waals surface area contributed by atoms with Crippen molar-refractivity contribution in [3.05, 3.63) is 29.8 Å². The zero-order chi connectivity index (χ0) is 11.8. The van der Waals surface area contributed by atoms with Crippen LogP contribution in [0, 0.1) is 0 Å². The molecular weight excluding hydrogens is 238 g/mol. The van der Waals surface area contributed by atoms with Gasteiger partial charge in [0.25, 0.3) is 5.24 Å². The monoisotopic (exact) mass is 249 g/mol. The van der Waals surface area contributed by atoms with Gasteiger partial charge in [0, 0.05) is 0 Å². The van der Waals surface area contributed by atoms with Crippen molar-refractivity contribution in [1.29, 1.82) is 0 Å². The Morgan fingerprint density at radius 3 is 2.82 bits per heavy atom. The summed E-state index contributed by atoms with van der Waals surface area (Å²) in [6.07, 6.45) is 0. The van der Waals surface area contributed by atoms with Crippen LogP contribution in [-0.4, -0.2) is 23.4 Å². The Labute approximate surface area is 103 Å². The van der Waals surface area contributed by atoms with Gasteiger partial charge in [-0.15, -0.1) is 0 Å². The van der Waals surface area contributed by atoms with E-state index >= 15 is 0 Å². The molecule has 0 radical (unpaired) electrons. The lowest BCUT2D eigenvalue weighted by molar-refractivity contribution is 0.265. The van der Waals surface area contributed by atoms with E-state index in [1.807, 2.05) is 24.3 Å². The maximum Gasteiger partial charge on any atom is 0.285 e. The van der Waals surface area contributed by atoms with Gasteiger partial charge in [0.1, 0.15) is 11.6 Å². The van der Waals surface area contributed by atoms with E-state index in [0.717, 1.165) is 17.1 Å². The van der Waals surface area contributed by atoms with Gasteiger partial charge >= 0.3 is 0 Å². The summed E-state index contributed by atoms with van der Waals surface area (Å²) >= 11 is 1.27. The van der Waals surface area contributed by atoms with Crippen LogP contribution in [-0.2, 0) is 0 Å². The summed E-state index contributed by atoms with van der Waals surface area (Å²) < 4.78 is 5.11. The van der Waals surface area contributed by atoms with Gasteiger partial charge in [-0.2, -0.15) is 5.10 Å². The predicted molar refractivity (Wildman–Crippen MR) is 66.2 cm³/mol. The minimum absolute atomic E-state index is 0.0336. The molecule has 1 aromatic rings. The fraction of sp³-hybridized carbons (Fsp3) is 0.273. The molecule has 6 heteroatoms. The molecule has 3 rings (SSSR count). The van der Waals surface area contributed by atoms with E-state index in [1.165, 1.54) is 11.8 Å². The molecule has 2 aliphatic heterocycles. The van der Waals surface area contributed by atoms with Crippen LogP contribution in [0.5, 0.6) is 5.75 Å². The van der Waals surface area contributed by atoms with Gasteiger partial charge in [0.15, 0.2) is 0 Å². The van der Waals surface area contributed by atoms with Crippen molar-refractivity contribution in [2.24, 2.45) is 5.10 Å². The molecule has 0 unspecified atom stereocenters. The first-order valence-corrected chi connectivity index (χ1v) is 6.10. The maximum absolute atomic E-state index is 11.3. The average Bonchev–Trinajstić information content (AvgIpc) is 2.88. The van der Waals surface area contributed by atoms with Crippen LogP contribution >= 0.6 is 11.8 Å². The standard InChI is InChI=1S/C11H11N3O2S/c1-16-7-4-2-6(3-5-7)8-9-10(14-13-8)12-11(15)17-9/h2-5,8-9,13H,1H3,(H,12,14,15)/t8-,9-/m0/s1. The molecule has 2 aliphatic rings. The Hall–Kier alpha value is -1.69. The molecule has 0 spiro atoms. The van der Waals surface area contributed by atoms with Gasteiger partial charge in [0.2, 0.25) is 0 Å². The van der Waals surface area contributed by atoms with Crippen molar-refractivity contribution in [2.75, 3.05) is 7.11 Å². The number of nitrogens with one attached hydrogen (secondary N) is 2. The van der Waals surface area contributed by atoms with Crippen molar-refractivity contribution in [3.63, 3.8) is 0 Å². The Kier molecular flexibility index (Phi) is 2.44. The number of hydrogen-bond acceptors (Lipinski definition) is 5. The number of benzene rings is 1. The minimum Gasteiger partial charge on any atom is -0.497 e. The van der Waals surface area contributed by atoms with E-state index in [2.05, 4.69) is 15.8 Å². The number of fused-ring (bicyclic) bond motifs is 1. The molecule has 1 saturated heterocycles. The van der Waals surface area contributed by atoms with Crippen LogP contribution in [0.2, 0.25) is 0 Å². The molecular formula is C11H11N3O2S. The second-order valence-corrected chi connectivity index (χ2v) is 4.94. The van der Waals surface area contributed by atoms with E-state index in [9.17, 15) is 4.79 Å². The van der Waals surface area contributed by atoms with Crippen LogP contribution in [0.25, 0.3) is 0 Å². The van der Waals surface area contributed by atoms with Crippen LogP contribution in [0.3, 0.4) is 0 Å². The van der Waals surface area contributed by atoms with Crippen molar-refractivity contribution >= 4 is 22.8 Å². The van der Waals surface area contributed by atoms with Gasteiger partial charge < -0.3 is 10.1 Å². The van der Waals surface area contributed by atoms with E-state index in [4.69, 9.17) is 4.74 Å². The SMILES string of the molecule is COc1ccc([C@@H]2NN=C3NC(=O)S[C@H]32)cc1. The highest BCUT2D eigenvalue weighted by atomic mass is 32.2. The van der Waals surface area contributed by atoms with Gasteiger partial charge in [-0.3, -0.25) is 10.2 Å². The van der Waals surface area contributed by atoms with E-state index in [0.29, 0.717) is 0 Å². The lowest BCUT2D eigenvalue weighted by Gasteiger charge is -2.15. The lowest BCUT2D eigenvalue weighted by Crippen LogP contribution is -2.25. The van der Waals surface area contributed by atoms with Crippen LogP contribution in [0.15, 0.2) is 29.4 Å². The quantitative estimate of drug-likeness (QED) is 0.833. The average molecular weight is 249 g/mol. The van der Waals surface area contributed by atoms with Crippen LogP contribution in [0.1, 0.15) is 11.6 Å². The molecule has 88 valence electrons. The molecule has 0 saturated carbocycles. The maximum atomic E-state index is 11.3. The van der Waals surface area contributed by atoms with E-state index < -0.39 is 0 Å². The molecule has 1 aromatic carbocycles. The second kappa shape index (κ2) is 3.96. The Morgan fingerprint density at radius 2 is 2.12 bits per heavy atom. The fourth-order valence-electron chi connectivity index (χ4n) is 1.96. The first-order valence-electron chi connectivity index (χ1n) is 5.22. The van der Waals surface area contributed by atoms with Gasteiger partial charge in [-0.1, -0.05) is 23.9 Å². The molecule has 2 atom stereocenters. The summed E-state index contributed by atoms with van der Waals surface area (Å²) in [5, 5.41) is 6.87. The lowest BCUT2D eigenvalue weighted by atomic mass is 10.0. The smallest absolute Gasteiger partial charge is 0.285 e. The third-order valence-electron chi connectivity index (χ3n) is 2.84. The number of hydrazone groups is 1. The van der Waals surface area contributed by atoms with Crippen molar-refractivity contribution in [2.45, 2.75) is 11.3 Å². The largest absolute Gasteiger partial charge is 0.497 e. The molecule has 17 heavy (non-hydrogen) atoms. The molecule has 0 aromatic heterocycles. The topological polar surface area (TPSA) is 62.7 Å². The summed E-state index contributed by atoms with van der Waals surface area (Å²) in [4.78, 5) is 11.3. The summed E-state index contributed by atoms with van der Waals surface area (Å²) in [5.41, 5.74) is 4.14. The van der Waals surface area contributed by atoms with Gasteiger partial charge in [-0.05, 0) is 17.7 Å². The highest BCUT2D eigenvalue weighted by Crippen LogP contribution is 2.35. The number of carbonyl (C=O) groups is 1. The van der Waals surface area contributed by atoms with Gasteiger partial charge in [0.05, 0.1) is 18.4 Å². The van der Waals surface area contributed by atoms with E-state index in [1.54, 1.807) is 7.11 Å². The Balaban J connectivity index is 1.83. The third-order valence-corrected chi connectivity index (χ3v) is 3.90. The number of ether oxygens (including phenoxy) is 1. The zero-order valence-electron chi connectivity index (χ0n) is 9.14. The first kappa shape index (κ1) is 10.5. The van der Waals surface area contributed by atoms with Crippen molar-refractivity contribution in [1.82, 2.24) is 10.7 Å². The number of hydrogen-bond donors (Lipinski definition) is 2. The number of amidine groups is 1. The predicted octanol–water partition coefficient (Wildman–Crippen LogP) is 1.48. The normalized spacial score (nSPS) is 25.9. The Bertz CT molecular complexity index is 486. The Morgan fingerprint density at radius 1 is 1.35 bits per heavy atom. The van der Waals surface area contributed by atoms with Gasteiger partial charge in [-0.25, -0.2) is 0 Å².